The monoisotopic (exact) mass is 380 g/mol. The van der Waals surface area contributed by atoms with Gasteiger partial charge in [-0.25, -0.2) is 8.42 Å². The molecule has 0 fully saturated rings. The van der Waals surface area contributed by atoms with Crippen molar-refractivity contribution in [2.45, 2.75) is 23.6 Å². The van der Waals surface area contributed by atoms with Gasteiger partial charge in [-0.2, -0.15) is 0 Å². The predicted octanol–water partition coefficient (Wildman–Crippen LogP) is 4.40. The Labute approximate surface area is 159 Å². The van der Waals surface area contributed by atoms with Gasteiger partial charge < -0.3 is 4.74 Å². The maximum atomic E-state index is 12.6. The van der Waals surface area contributed by atoms with Gasteiger partial charge in [-0.3, -0.25) is 4.79 Å². The highest BCUT2D eigenvalue weighted by Gasteiger charge is 2.17. The van der Waals surface area contributed by atoms with Crippen LogP contribution in [0.4, 0.5) is 0 Å². The van der Waals surface area contributed by atoms with E-state index in [9.17, 15) is 13.2 Å². The van der Waals surface area contributed by atoms with Crippen LogP contribution >= 0.6 is 0 Å². The minimum absolute atomic E-state index is 0.102. The molecule has 0 saturated carbocycles. The fourth-order valence-corrected chi connectivity index (χ4v) is 4.00. The van der Waals surface area contributed by atoms with E-state index in [1.807, 2.05) is 32.0 Å². The van der Waals surface area contributed by atoms with Crippen molar-refractivity contribution in [2.24, 2.45) is 0 Å². The summed E-state index contributed by atoms with van der Waals surface area (Å²) in [6.45, 7) is 3.72. The van der Waals surface area contributed by atoms with Crippen LogP contribution in [0, 0.1) is 13.8 Å². The van der Waals surface area contributed by atoms with Crippen LogP contribution in [0.3, 0.4) is 0 Å². The number of hydrogen-bond donors (Lipinski definition) is 0. The molecule has 3 aromatic rings. The molecule has 5 heteroatoms. The first-order valence-electron chi connectivity index (χ1n) is 8.51. The highest BCUT2D eigenvalue weighted by atomic mass is 32.2. The van der Waals surface area contributed by atoms with Crippen LogP contribution in [0.5, 0.6) is 5.75 Å². The Morgan fingerprint density at radius 1 is 0.852 bits per heavy atom. The lowest BCUT2D eigenvalue weighted by atomic mass is 10.0. The van der Waals surface area contributed by atoms with E-state index >= 15 is 0 Å². The molecule has 4 nitrogen and oxygen atoms in total. The third kappa shape index (κ3) is 4.26. The molecule has 3 aromatic carbocycles. The van der Waals surface area contributed by atoms with Crippen molar-refractivity contribution < 1.29 is 17.9 Å². The third-order valence-corrected chi connectivity index (χ3v) is 6.04. The van der Waals surface area contributed by atoms with Crippen LogP contribution in [-0.4, -0.2) is 20.8 Å². The van der Waals surface area contributed by atoms with Crippen LogP contribution in [0.1, 0.15) is 21.5 Å². The summed E-state index contributed by atoms with van der Waals surface area (Å²) in [7, 11) is -3.56. The molecule has 0 saturated heterocycles. The minimum Gasteiger partial charge on any atom is -0.485 e. The SMILES string of the molecule is Cc1ccc(C)c(C(=O)COc2ccc(S(=O)(=O)c3ccccc3)cc2)c1. The highest BCUT2D eigenvalue weighted by Crippen LogP contribution is 2.23. The summed E-state index contributed by atoms with van der Waals surface area (Å²) in [5.74, 6) is 0.331. The zero-order chi connectivity index (χ0) is 19.4. The van der Waals surface area contributed by atoms with Gasteiger partial charge in [0.2, 0.25) is 9.84 Å². The Kier molecular flexibility index (Phi) is 5.42. The molecular formula is C22H20O4S. The van der Waals surface area contributed by atoms with Gasteiger partial charge in [-0.05, 0) is 61.9 Å². The second kappa shape index (κ2) is 7.76. The quantitative estimate of drug-likeness (QED) is 0.595. The number of carbonyl (C=O) groups is 1. The number of carbonyl (C=O) groups excluding carboxylic acids is 1. The van der Waals surface area contributed by atoms with E-state index in [2.05, 4.69) is 0 Å². The van der Waals surface area contributed by atoms with Gasteiger partial charge >= 0.3 is 0 Å². The van der Waals surface area contributed by atoms with Gasteiger partial charge in [0.15, 0.2) is 12.4 Å². The lowest BCUT2D eigenvalue weighted by molar-refractivity contribution is 0.0920. The summed E-state index contributed by atoms with van der Waals surface area (Å²) in [5.41, 5.74) is 2.55. The van der Waals surface area contributed by atoms with Crippen LogP contribution < -0.4 is 4.74 Å². The van der Waals surface area contributed by atoms with E-state index in [4.69, 9.17) is 4.74 Å². The summed E-state index contributed by atoms with van der Waals surface area (Å²) < 4.78 is 30.7. The second-order valence-corrected chi connectivity index (χ2v) is 8.27. The largest absolute Gasteiger partial charge is 0.485 e. The van der Waals surface area contributed by atoms with Crippen molar-refractivity contribution in [1.82, 2.24) is 0 Å². The van der Waals surface area contributed by atoms with Gasteiger partial charge in [-0.15, -0.1) is 0 Å². The van der Waals surface area contributed by atoms with Gasteiger partial charge in [0.1, 0.15) is 5.75 Å². The van der Waals surface area contributed by atoms with E-state index in [-0.39, 0.29) is 22.2 Å². The Morgan fingerprint density at radius 2 is 1.48 bits per heavy atom. The number of rotatable bonds is 6. The van der Waals surface area contributed by atoms with E-state index < -0.39 is 9.84 Å². The molecule has 0 spiro atoms. The normalized spacial score (nSPS) is 11.2. The van der Waals surface area contributed by atoms with Crippen molar-refractivity contribution in [1.29, 1.82) is 0 Å². The number of ketones is 1. The molecule has 0 atom stereocenters. The van der Waals surface area contributed by atoms with E-state index in [0.29, 0.717) is 11.3 Å². The molecule has 0 aromatic heterocycles. The molecule has 27 heavy (non-hydrogen) atoms. The maximum absolute atomic E-state index is 12.6. The first kappa shape index (κ1) is 18.9. The van der Waals surface area contributed by atoms with E-state index in [1.54, 1.807) is 42.5 Å². The Morgan fingerprint density at radius 3 is 2.15 bits per heavy atom. The summed E-state index contributed by atoms with van der Waals surface area (Å²) in [5, 5.41) is 0. The molecule has 0 aliphatic rings. The highest BCUT2D eigenvalue weighted by molar-refractivity contribution is 7.91. The van der Waals surface area contributed by atoms with Crippen molar-refractivity contribution in [3.8, 4) is 5.75 Å². The lowest BCUT2D eigenvalue weighted by Gasteiger charge is -2.09. The molecule has 3 rings (SSSR count). The number of benzene rings is 3. The third-order valence-electron chi connectivity index (χ3n) is 4.25. The summed E-state index contributed by atoms with van der Waals surface area (Å²) in [6, 6.07) is 20.1. The molecule has 0 amide bonds. The standard InChI is InChI=1S/C22H20O4S/c1-16-8-9-17(2)21(14-16)22(23)15-26-18-10-12-20(13-11-18)27(24,25)19-6-4-3-5-7-19/h3-14H,15H2,1-2H3. The molecule has 138 valence electrons. The Hall–Kier alpha value is -2.92. The smallest absolute Gasteiger partial charge is 0.206 e. The number of Topliss-reactive ketones (excluding diaryl/α,β-unsaturated/α-hetero) is 1. The zero-order valence-corrected chi connectivity index (χ0v) is 16.0. The Bertz CT molecular complexity index is 1050. The lowest BCUT2D eigenvalue weighted by Crippen LogP contribution is -2.13. The predicted molar refractivity (Wildman–Crippen MR) is 104 cm³/mol. The molecule has 0 unspecified atom stereocenters. The van der Waals surface area contributed by atoms with Crippen molar-refractivity contribution in [3.05, 3.63) is 89.5 Å². The minimum atomic E-state index is -3.56. The first-order valence-corrected chi connectivity index (χ1v) is 10.00. The van der Waals surface area contributed by atoms with Gasteiger partial charge in [-0.1, -0.05) is 35.9 Å². The molecule has 0 bridgehead atoms. The summed E-state index contributed by atoms with van der Waals surface area (Å²) in [4.78, 5) is 12.8. The van der Waals surface area contributed by atoms with Crippen molar-refractivity contribution in [3.63, 3.8) is 0 Å². The van der Waals surface area contributed by atoms with Crippen molar-refractivity contribution in [2.75, 3.05) is 6.61 Å². The van der Waals surface area contributed by atoms with E-state index in [0.717, 1.165) is 11.1 Å². The second-order valence-electron chi connectivity index (χ2n) is 6.32. The van der Waals surface area contributed by atoms with Crippen LogP contribution in [0.2, 0.25) is 0 Å². The van der Waals surface area contributed by atoms with E-state index in [1.165, 1.54) is 12.1 Å². The van der Waals surface area contributed by atoms with Gasteiger partial charge in [0.25, 0.3) is 0 Å². The van der Waals surface area contributed by atoms with Crippen LogP contribution in [-0.2, 0) is 9.84 Å². The number of ether oxygens (including phenoxy) is 1. The Balaban J connectivity index is 1.71. The summed E-state index contributed by atoms with van der Waals surface area (Å²) in [6.07, 6.45) is 0. The molecule has 0 aliphatic carbocycles. The zero-order valence-electron chi connectivity index (χ0n) is 15.2. The average molecular weight is 380 g/mol. The maximum Gasteiger partial charge on any atom is 0.206 e. The van der Waals surface area contributed by atoms with Crippen LogP contribution in [0.25, 0.3) is 0 Å². The fourth-order valence-electron chi connectivity index (χ4n) is 2.71. The molecular weight excluding hydrogens is 360 g/mol. The fraction of sp³-hybridized carbons (Fsp3) is 0.136. The van der Waals surface area contributed by atoms with Gasteiger partial charge in [0, 0.05) is 5.56 Å². The van der Waals surface area contributed by atoms with Crippen molar-refractivity contribution >= 4 is 15.6 Å². The first-order chi connectivity index (χ1) is 12.9. The molecule has 0 N–H and O–H groups in total. The van der Waals surface area contributed by atoms with Crippen LogP contribution in [0.15, 0.2) is 82.6 Å². The molecule has 0 radical (unpaired) electrons. The number of hydrogen-bond acceptors (Lipinski definition) is 4. The average Bonchev–Trinajstić information content (AvgIpc) is 2.69. The topological polar surface area (TPSA) is 60.4 Å². The summed E-state index contributed by atoms with van der Waals surface area (Å²) >= 11 is 0. The molecule has 0 heterocycles. The molecule has 0 aliphatic heterocycles. The van der Waals surface area contributed by atoms with Gasteiger partial charge in [0.05, 0.1) is 9.79 Å². The number of sulfone groups is 1. The number of aryl methyl sites for hydroxylation is 2.